The second-order valence-electron chi connectivity index (χ2n) is 6.63. The molecule has 0 heterocycles. The standard InChI is InChI=1S/C20H21ClFNO2/c1-20(25-2,13-6-5-7-14(21)10-13)12-23-19(24)17-11-16(17)15-8-3-4-9-18(15)22/h3-10,16-17H,11-12H2,1-2H3,(H,23,24). The Bertz CT molecular complexity index is 782. The fraction of sp³-hybridized carbons (Fsp3) is 0.350. The normalized spacial score (nSPS) is 21.4. The SMILES string of the molecule is COC(C)(CNC(=O)C1CC1c1ccccc1F)c1cccc(Cl)c1. The molecule has 1 amide bonds. The molecule has 5 heteroatoms. The summed E-state index contributed by atoms with van der Waals surface area (Å²) in [6.45, 7) is 2.23. The highest BCUT2D eigenvalue weighted by atomic mass is 35.5. The van der Waals surface area contributed by atoms with E-state index in [0.717, 1.165) is 5.56 Å². The predicted molar refractivity (Wildman–Crippen MR) is 96.1 cm³/mol. The van der Waals surface area contributed by atoms with Crippen LogP contribution in [0.3, 0.4) is 0 Å². The zero-order chi connectivity index (χ0) is 18.0. The summed E-state index contributed by atoms with van der Waals surface area (Å²) in [5.41, 5.74) is 0.833. The molecule has 0 radical (unpaired) electrons. The highest BCUT2D eigenvalue weighted by molar-refractivity contribution is 6.30. The number of ether oxygens (including phenoxy) is 1. The van der Waals surface area contributed by atoms with Gasteiger partial charge in [-0.05, 0) is 48.6 Å². The van der Waals surface area contributed by atoms with Crippen LogP contribution in [-0.2, 0) is 15.1 Å². The van der Waals surface area contributed by atoms with Crippen molar-refractivity contribution in [1.82, 2.24) is 5.32 Å². The van der Waals surface area contributed by atoms with Crippen LogP contribution in [-0.4, -0.2) is 19.6 Å². The molecule has 1 aliphatic carbocycles. The Morgan fingerprint density at radius 2 is 2.08 bits per heavy atom. The van der Waals surface area contributed by atoms with Crippen LogP contribution in [0.25, 0.3) is 0 Å². The van der Waals surface area contributed by atoms with Crippen molar-refractivity contribution in [1.29, 1.82) is 0 Å². The number of benzene rings is 2. The van der Waals surface area contributed by atoms with Crippen molar-refractivity contribution in [2.45, 2.75) is 24.9 Å². The van der Waals surface area contributed by atoms with Crippen molar-refractivity contribution in [3.63, 3.8) is 0 Å². The number of carbonyl (C=O) groups is 1. The number of carbonyl (C=O) groups excluding carboxylic acids is 1. The average Bonchev–Trinajstić information content (AvgIpc) is 3.40. The first-order valence-electron chi connectivity index (χ1n) is 8.28. The largest absolute Gasteiger partial charge is 0.372 e. The van der Waals surface area contributed by atoms with Crippen molar-refractivity contribution in [2.75, 3.05) is 13.7 Å². The molecule has 1 aliphatic rings. The number of halogens is 2. The lowest BCUT2D eigenvalue weighted by molar-refractivity contribution is -0.124. The van der Waals surface area contributed by atoms with Crippen LogP contribution < -0.4 is 5.32 Å². The Morgan fingerprint density at radius 3 is 2.76 bits per heavy atom. The van der Waals surface area contributed by atoms with Crippen LogP contribution in [0.2, 0.25) is 5.02 Å². The highest BCUT2D eigenvalue weighted by Crippen LogP contribution is 2.48. The fourth-order valence-electron chi connectivity index (χ4n) is 3.10. The molecule has 2 aromatic carbocycles. The molecule has 2 aromatic rings. The molecule has 1 N–H and O–H groups in total. The minimum atomic E-state index is -0.678. The summed E-state index contributed by atoms with van der Waals surface area (Å²) in [5.74, 6) is -0.541. The highest BCUT2D eigenvalue weighted by Gasteiger charge is 2.45. The van der Waals surface area contributed by atoms with E-state index in [9.17, 15) is 9.18 Å². The van der Waals surface area contributed by atoms with Crippen molar-refractivity contribution >= 4 is 17.5 Å². The van der Waals surface area contributed by atoms with Crippen molar-refractivity contribution in [3.05, 3.63) is 70.5 Å². The van der Waals surface area contributed by atoms with E-state index in [1.54, 1.807) is 31.4 Å². The summed E-state index contributed by atoms with van der Waals surface area (Å²) < 4.78 is 19.5. The molecule has 0 aromatic heterocycles. The Balaban J connectivity index is 1.63. The first-order chi connectivity index (χ1) is 11.9. The lowest BCUT2D eigenvalue weighted by Gasteiger charge is -2.29. The Morgan fingerprint density at radius 1 is 1.32 bits per heavy atom. The molecule has 1 fully saturated rings. The molecule has 1 saturated carbocycles. The van der Waals surface area contributed by atoms with Gasteiger partial charge < -0.3 is 10.1 Å². The van der Waals surface area contributed by atoms with Gasteiger partial charge in [0.1, 0.15) is 11.4 Å². The zero-order valence-corrected chi connectivity index (χ0v) is 15.0. The second kappa shape index (κ2) is 7.14. The third-order valence-electron chi connectivity index (χ3n) is 4.92. The molecule has 25 heavy (non-hydrogen) atoms. The van der Waals surface area contributed by atoms with E-state index in [1.165, 1.54) is 6.07 Å². The number of amides is 1. The summed E-state index contributed by atoms with van der Waals surface area (Å²) in [5, 5.41) is 3.56. The van der Waals surface area contributed by atoms with Gasteiger partial charge in [-0.3, -0.25) is 4.79 Å². The van der Waals surface area contributed by atoms with E-state index in [2.05, 4.69) is 5.32 Å². The summed E-state index contributed by atoms with van der Waals surface area (Å²) in [4.78, 5) is 12.4. The van der Waals surface area contributed by atoms with Crippen LogP contribution >= 0.6 is 11.6 Å². The van der Waals surface area contributed by atoms with Crippen LogP contribution in [0, 0.1) is 11.7 Å². The number of rotatable bonds is 6. The van der Waals surface area contributed by atoms with Crippen LogP contribution in [0.1, 0.15) is 30.4 Å². The first kappa shape index (κ1) is 17.9. The van der Waals surface area contributed by atoms with Gasteiger partial charge in [-0.25, -0.2) is 4.39 Å². The van der Waals surface area contributed by atoms with Gasteiger partial charge in [-0.1, -0.05) is 41.9 Å². The molecular weight excluding hydrogens is 341 g/mol. The molecule has 3 rings (SSSR count). The van der Waals surface area contributed by atoms with E-state index in [0.29, 0.717) is 23.6 Å². The van der Waals surface area contributed by atoms with Crippen molar-refractivity contribution in [2.24, 2.45) is 5.92 Å². The van der Waals surface area contributed by atoms with Crippen LogP contribution in [0.15, 0.2) is 48.5 Å². The third kappa shape index (κ3) is 3.86. The quantitative estimate of drug-likeness (QED) is 0.834. The van der Waals surface area contributed by atoms with E-state index >= 15 is 0 Å². The lowest BCUT2D eigenvalue weighted by atomic mass is 9.95. The van der Waals surface area contributed by atoms with Gasteiger partial charge in [0.25, 0.3) is 0 Å². The summed E-state index contributed by atoms with van der Waals surface area (Å²) in [6.07, 6.45) is 0.674. The minimum Gasteiger partial charge on any atom is -0.372 e. The molecule has 0 aliphatic heterocycles. The molecule has 0 saturated heterocycles. The second-order valence-corrected chi connectivity index (χ2v) is 7.07. The van der Waals surface area contributed by atoms with Gasteiger partial charge in [-0.2, -0.15) is 0 Å². The zero-order valence-electron chi connectivity index (χ0n) is 14.3. The molecule has 3 unspecified atom stereocenters. The number of nitrogens with one attached hydrogen (secondary N) is 1. The summed E-state index contributed by atoms with van der Waals surface area (Å²) in [7, 11) is 1.60. The van der Waals surface area contributed by atoms with Gasteiger partial charge in [-0.15, -0.1) is 0 Å². The van der Waals surface area contributed by atoms with Crippen LogP contribution in [0.5, 0.6) is 0 Å². The monoisotopic (exact) mass is 361 g/mol. The van der Waals surface area contributed by atoms with Gasteiger partial charge in [0.15, 0.2) is 0 Å². The van der Waals surface area contributed by atoms with Gasteiger partial charge >= 0.3 is 0 Å². The molecule has 0 spiro atoms. The molecule has 3 atom stereocenters. The first-order valence-corrected chi connectivity index (χ1v) is 8.66. The minimum absolute atomic E-state index is 0.0406. The Hall–Kier alpha value is -1.91. The van der Waals surface area contributed by atoms with Crippen molar-refractivity contribution in [3.8, 4) is 0 Å². The van der Waals surface area contributed by atoms with Gasteiger partial charge in [0.2, 0.25) is 5.91 Å². The maximum absolute atomic E-state index is 13.8. The maximum atomic E-state index is 13.8. The van der Waals surface area contributed by atoms with Crippen LogP contribution in [0.4, 0.5) is 4.39 Å². The Kier molecular flexibility index (Phi) is 5.11. The Labute approximate surface area is 152 Å². The third-order valence-corrected chi connectivity index (χ3v) is 5.15. The van der Waals surface area contributed by atoms with Gasteiger partial charge in [0, 0.05) is 18.1 Å². The average molecular weight is 362 g/mol. The number of methoxy groups -OCH3 is 1. The molecule has 132 valence electrons. The lowest BCUT2D eigenvalue weighted by Crippen LogP contribution is -2.40. The van der Waals surface area contributed by atoms with E-state index in [1.807, 2.05) is 25.1 Å². The molecule has 0 bridgehead atoms. The molecule has 3 nitrogen and oxygen atoms in total. The van der Waals surface area contributed by atoms with E-state index < -0.39 is 5.60 Å². The summed E-state index contributed by atoms with van der Waals surface area (Å²) in [6, 6.07) is 14.0. The topological polar surface area (TPSA) is 38.3 Å². The van der Waals surface area contributed by atoms with Crippen molar-refractivity contribution < 1.29 is 13.9 Å². The maximum Gasteiger partial charge on any atom is 0.223 e. The number of hydrogen-bond acceptors (Lipinski definition) is 2. The molecular formula is C20H21ClFNO2. The fourth-order valence-corrected chi connectivity index (χ4v) is 3.29. The van der Waals surface area contributed by atoms with E-state index in [4.69, 9.17) is 16.3 Å². The summed E-state index contributed by atoms with van der Waals surface area (Å²) >= 11 is 6.05. The predicted octanol–water partition coefficient (Wildman–Crippen LogP) is 4.26. The number of hydrogen-bond donors (Lipinski definition) is 1. The smallest absolute Gasteiger partial charge is 0.223 e. The van der Waals surface area contributed by atoms with E-state index in [-0.39, 0.29) is 23.6 Å². The van der Waals surface area contributed by atoms with Gasteiger partial charge in [0.05, 0.1) is 6.54 Å².